The number of primary amides is 1. The quantitative estimate of drug-likeness (QED) is 0.459. The predicted octanol–water partition coefficient (Wildman–Crippen LogP) is 4.51. The van der Waals surface area contributed by atoms with Gasteiger partial charge in [0.15, 0.2) is 0 Å². The second-order valence-corrected chi connectivity index (χ2v) is 7.46. The fraction of sp³-hybridized carbons (Fsp3) is 0.0769. The Labute approximate surface area is 190 Å². The van der Waals surface area contributed by atoms with Gasteiger partial charge >= 0.3 is 0 Å². The number of hydrogen-bond acceptors (Lipinski definition) is 6. The van der Waals surface area contributed by atoms with Gasteiger partial charge in [0.2, 0.25) is 5.88 Å². The van der Waals surface area contributed by atoms with Crippen molar-refractivity contribution in [3.63, 3.8) is 0 Å². The summed E-state index contributed by atoms with van der Waals surface area (Å²) in [5.74, 6) is 1.35. The van der Waals surface area contributed by atoms with E-state index in [2.05, 4.69) is 21.0 Å². The number of amides is 1. The van der Waals surface area contributed by atoms with Crippen LogP contribution in [0.1, 0.15) is 16.1 Å². The monoisotopic (exact) mass is 436 g/mol. The molecule has 3 heterocycles. The van der Waals surface area contributed by atoms with Crippen molar-refractivity contribution >= 4 is 11.6 Å². The summed E-state index contributed by atoms with van der Waals surface area (Å²) < 4.78 is 11.5. The SMILES string of the molecule is COc1cc(-c2cc(C3=NC3)ccc2Oc2ccc(-c3cccc(C(N)=O)n3)cc2)ccn1. The Hall–Kier alpha value is -4.52. The molecule has 7 nitrogen and oxygen atoms in total. The minimum atomic E-state index is -0.558. The number of benzene rings is 2. The summed E-state index contributed by atoms with van der Waals surface area (Å²) >= 11 is 0. The van der Waals surface area contributed by atoms with Crippen LogP contribution in [0.3, 0.4) is 0 Å². The van der Waals surface area contributed by atoms with Gasteiger partial charge in [-0.15, -0.1) is 0 Å². The van der Waals surface area contributed by atoms with E-state index < -0.39 is 5.91 Å². The minimum Gasteiger partial charge on any atom is -0.481 e. The molecule has 0 aliphatic carbocycles. The molecule has 1 aliphatic heterocycles. The first-order chi connectivity index (χ1) is 16.1. The third-order valence-electron chi connectivity index (χ3n) is 5.26. The Kier molecular flexibility index (Phi) is 5.28. The summed E-state index contributed by atoms with van der Waals surface area (Å²) in [6, 6.07) is 22.5. The molecule has 4 aromatic rings. The first kappa shape index (κ1) is 20.4. The first-order valence-corrected chi connectivity index (χ1v) is 10.3. The summed E-state index contributed by atoms with van der Waals surface area (Å²) in [5.41, 5.74) is 11.1. The van der Waals surface area contributed by atoms with Crippen LogP contribution in [-0.4, -0.2) is 35.2 Å². The van der Waals surface area contributed by atoms with Crippen LogP contribution >= 0.6 is 0 Å². The smallest absolute Gasteiger partial charge is 0.267 e. The van der Waals surface area contributed by atoms with Gasteiger partial charge in [0, 0.05) is 23.4 Å². The molecular formula is C26H20N4O3. The van der Waals surface area contributed by atoms with Gasteiger partial charge in [-0.3, -0.25) is 9.79 Å². The van der Waals surface area contributed by atoms with Crippen LogP contribution in [-0.2, 0) is 0 Å². The zero-order valence-electron chi connectivity index (χ0n) is 17.9. The molecule has 0 saturated heterocycles. The van der Waals surface area contributed by atoms with Crippen molar-refractivity contribution in [1.82, 2.24) is 9.97 Å². The zero-order chi connectivity index (χ0) is 22.8. The maximum Gasteiger partial charge on any atom is 0.267 e. The molecule has 1 aliphatic rings. The number of aromatic nitrogens is 2. The van der Waals surface area contributed by atoms with Crippen LogP contribution in [0.5, 0.6) is 17.4 Å². The Morgan fingerprint density at radius 3 is 2.45 bits per heavy atom. The highest BCUT2D eigenvalue weighted by atomic mass is 16.5. The minimum absolute atomic E-state index is 0.227. The Morgan fingerprint density at radius 1 is 0.939 bits per heavy atom. The number of ether oxygens (including phenoxy) is 2. The van der Waals surface area contributed by atoms with Crippen molar-refractivity contribution in [3.8, 4) is 39.8 Å². The third-order valence-corrected chi connectivity index (χ3v) is 5.26. The van der Waals surface area contributed by atoms with Crippen molar-refractivity contribution in [3.05, 3.63) is 90.3 Å². The normalized spacial score (nSPS) is 12.1. The molecule has 2 aromatic carbocycles. The van der Waals surface area contributed by atoms with E-state index in [-0.39, 0.29) is 5.69 Å². The van der Waals surface area contributed by atoms with Crippen molar-refractivity contribution in [1.29, 1.82) is 0 Å². The van der Waals surface area contributed by atoms with Gasteiger partial charge < -0.3 is 15.2 Å². The Morgan fingerprint density at radius 2 is 1.73 bits per heavy atom. The van der Waals surface area contributed by atoms with E-state index in [1.54, 1.807) is 25.4 Å². The summed E-state index contributed by atoms with van der Waals surface area (Å²) in [4.78, 5) is 24.3. The largest absolute Gasteiger partial charge is 0.481 e. The molecule has 2 aromatic heterocycles. The molecule has 0 fully saturated rings. The molecule has 162 valence electrons. The van der Waals surface area contributed by atoms with Gasteiger partial charge in [0.1, 0.15) is 17.2 Å². The molecule has 0 saturated carbocycles. The molecule has 0 unspecified atom stereocenters. The van der Waals surface area contributed by atoms with Crippen LogP contribution in [0, 0.1) is 0 Å². The van der Waals surface area contributed by atoms with Gasteiger partial charge in [0.25, 0.3) is 5.91 Å². The van der Waals surface area contributed by atoms with E-state index in [4.69, 9.17) is 15.2 Å². The molecule has 0 bridgehead atoms. The van der Waals surface area contributed by atoms with Crippen LogP contribution in [0.25, 0.3) is 22.4 Å². The standard InChI is InChI=1S/C26H20N4O3/c1-32-25-14-17(11-12-28-25)20-13-18(23-15-29-23)7-10-24(20)33-19-8-5-16(6-9-19)21-3-2-4-22(30-21)26(27)31/h2-14H,15H2,1H3,(H2,27,31). The number of carbonyl (C=O) groups is 1. The molecule has 7 heteroatoms. The summed E-state index contributed by atoms with van der Waals surface area (Å²) in [6.45, 7) is 0.770. The molecule has 0 spiro atoms. The highest BCUT2D eigenvalue weighted by Gasteiger charge is 2.17. The van der Waals surface area contributed by atoms with Gasteiger partial charge in [-0.05, 0) is 71.8 Å². The van der Waals surface area contributed by atoms with E-state index in [0.717, 1.165) is 34.5 Å². The fourth-order valence-electron chi connectivity index (χ4n) is 3.49. The van der Waals surface area contributed by atoms with Crippen LogP contribution in [0.4, 0.5) is 0 Å². The first-order valence-electron chi connectivity index (χ1n) is 10.3. The summed E-state index contributed by atoms with van der Waals surface area (Å²) in [5, 5.41) is 0. The lowest BCUT2D eigenvalue weighted by Crippen LogP contribution is -2.12. The number of nitrogens with zero attached hydrogens (tertiary/aromatic N) is 3. The van der Waals surface area contributed by atoms with Crippen LogP contribution < -0.4 is 15.2 Å². The second kappa shape index (κ2) is 8.55. The average Bonchev–Trinajstić information content (AvgIpc) is 3.70. The number of rotatable bonds is 7. The Bertz CT molecular complexity index is 1380. The molecule has 5 rings (SSSR count). The maximum atomic E-state index is 11.4. The van der Waals surface area contributed by atoms with Gasteiger partial charge in [0.05, 0.1) is 25.1 Å². The number of pyridine rings is 2. The molecule has 1 amide bonds. The maximum absolute atomic E-state index is 11.4. The van der Waals surface area contributed by atoms with Crippen molar-refractivity contribution < 1.29 is 14.3 Å². The molecule has 0 atom stereocenters. The molecule has 0 radical (unpaired) electrons. The topological polar surface area (TPSA) is 99.7 Å². The third kappa shape index (κ3) is 4.43. The van der Waals surface area contributed by atoms with E-state index >= 15 is 0 Å². The number of carbonyl (C=O) groups excluding carboxylic acids is 1. The van der Waals surface area contributed by atoms with Crippen molar-refractivity contribution in [2.45, 2.75) is 0 Å². The average molecular weight is 436 g/mol. The number of aliphatic imine (C=N–C) groups is 1. The number of hydrogen-bond donors (Lipinski definition) is 1. The highest BCUT2D eigenvalue weighted by Crippen LogP contribution is 2.36. The van der Waals surface area contributed by atoms with Gasteiger partial charge in [-0.1, -0.05) is 6.07 Å². The zero-order valence-corrected chi connectivity index (χ0v) is 17.9. The van der Waals surface area contributed by atoms with E-state index in [1.165, 1.54) is 0 Å². The molecule has 33 heavy (non-hydrogen) atoms. The van der Waals surface area contributed by atoms with Crippen LogP contribution in [0.15, 0.2) is 84.0 Å². The van der Waals surface area contributed by atoms with E-state index in [1.807, 2.05) is 54.6 Å². The number of methoxy groups -OCH3 is 1. The fourth-order valence-corrected chi connectivity index (χ4v) is 3.49. The Balaban J connectivity index is 1.46. The highest BCUT2D eigenvalue weighted by molar-refractivity contribution is 6.11. The summed E-state index contributed by atoms with van der Waals surface area (Å²) in [6.07, 6.45) is 1.71. The predicted molar refractivity (Wildman–Crippen MR) is 126 cm³/mol. The number of nitrogens with two attached hydrogens (primary N) is 1. The van der Waals surface area contributed by atoms with Gasteiger partial charge in [-0.2, -0.15) is 0 Å². The lowest BCUT2D eigenvalue weighted by molar-refractivity contribution is 0.0995. The van der Waals surface area contributed by atoms with Crippen LogP contribution in [0.2, 0.25) is 0 Å². The molecular weight excluding hydrogens is 416 g/mol. The second-order valence-electron chi connectivity index (χ2n) is 7.46. The van der Waals surface area contributed by atoms with Crippen molar-refractivity contribution in [2.75, 3.05) is 13.7 Å². The van der Waals surface area contributed by atoms with Crippen molar-refractivity contribution in [2.24, 2.45) is 10.7 Å². The lowest BCUT2D eigenvalue weighted by Gasteiger charge is -2.13. The van der Waals surface area contributed by atoms with Gasteiger partial charge in [-0.25, -0.2) is 9.97 Å². The molecule has 2 N–H and O–H groups in total. The summed E-state index contributed by atoms with van der Waals surface area (Å²) in [7, 11) is 1.59. The lowest BCUT2D eigenvalue weighted by atomic mass is 10.0. The van der Waals surface area contributed by atoms with E-state index in [0.29, 0.717) is 23.1 Å². The van der Waals surface area contributed by atoms with E-state index in [9.17, 15) is 4.79 Å².